The molecule has 0 saturated heterocycles. The number of benzene rings is 1. The second-order valence-corrected chi connectivity index (χ2v) is 4.23. The van der Waals surface area contributed by atoms with Crippen LogP contribution < -0.4 is 5.73 Å². The summed E-state index contributed by atoms with van der Waals surface area (Å²) in [6.45, 7) is 2.31. The van der Waals surface area contributed by atoms with E-state index < -0.39 is 0 Å². The fraction of sp³-hybridized carbons (Fsp3) is 0.462. The van der Waals surface area contributed by atoms with E-state index in [4.69, 9.17) is 10.8 Å². The summed E-state index contributed by atoms with van der Waals surface area (Å²) in [6.07, 6.45) is 0.353. The van der Waals surface area contributed by atoms with E-state index in [1.165, 1.54) is 0 Å². The fourth-order valence-corrected chi connectivity index (χ4v) is 1.46. The van der Waals surface area contributed by atoms with Crippen molar-refractivity contribution in [2.24, 2.45) is 5.73 Å². The lowest BCUT2D eigenvalue weighted by molar-refractivity contribution is -0.131. The van der Waals surface area contributed by atoms with Crippen molar-refractivity contribution in [3.8, 4) is 0 Å². The molecule has 17 heavy (non-hydrogen) atoms. The van der Waals surface area contributed by atoms with Gasteiger partial charge in [-0.3, -0.25) is 4.79 Å². The van der Waals surface area contributed by atoms with Crippen LogP contribution in [0, 0.1) is 0 Å². The van der Waals surface area contributed by atoms with Crippen LogP contribution in [0.15, 0.2) is 24.3 Å². The molecule has 0 aromatic heterocycles. The number of hydrogen-bond donors (Lipinski definition) is 2. The van der Waals surface area contributed by atoms with E-state index in [1.54, 1.807) is 11.9 Å². The zero-order valence-corrected chi connectivity index (χ0v) is 10.4. The molecular weight excluding hydrogens is 216 g/mol. The van der Waals surface area contributed by atoms with Crippen LogP contribution in [0.25, 0.3) is 0 Å². The maximum atomic E-state index is 11.9. The molecule has 0 fully saturated rings. The molecule has 1 amide bonds. The number of likely N-dealkylation sites (N-methyl/N-ethyl adjacent to an activating group) is 1. The summed E-state index contributed by atoms with van der Waals surface area (Å²) in [7, 11) is 1.71. The highest BCUT2D eigenvalue weighted by Gasteiger charge is 2.14. The molecule has 94 valence electrons. The highest BCUT2D eigenvalue weighted by atomic mass is 16.3. The summed E-state index contributed by atoms with van der Waals surface area (Å²) in [5, 5.41) is 8.98. The Morgan fingerprint density at radius 2 is 1.88 bits per heavy atom. The monoisotopic (exact) mass is 236 g/mol. The fourth-order valence-electron chi connectivity index (χ4n) is 1.46. The lowest BCUT2D eigenvalue weighted by Gasteiger charge is -2.23. The van der Waals surface area contributed by atoms with Gasteiger partial charge in [0.1, 0.15) is 0 Å². The number of aliphatic hydroxyl groups is 1. The van der Waals surface area contributed by atoms with Crippen LogP contribution in [-0.4, -0.2) is 35.6 Å². The molecule has 1 aromatic carbocycles. The number of nitrogens with two attached hydrogens (primary N) is 1. The zero-order valence-electron chi connectivity index (χ0n) is 10.4. The number of carbonyl (C=O) groups excluding carboxylic acids is 1. The van der Waals surface area contributed by atoms with E-state index in [1.807, 2.05) is 31.2 Å². The molecule has 0 aliphatic rings. The molecule has 0 bridgehead atoms. The molecule has 0 heterocycles. The molecule has 1 aromatic rings. The van der Waals surface area contributed by atoms with E-state index in [2.05, 4.69) is 0 Å². The number of nitrogens with zero attached hydrogens (tertiary/aromatic N) is 1. The average Bonchev–Trinajstić information content (AvgIpc) is 2.37. The number of carbonyl (C=O) groups is 1. The highest BCUT2D eigenvalue weighted by molar-refractivity contribution is 5.78. The van der Waals surface area contributed by atoms with Crippen molar-refractivity contribution >= 4 is 5.91 Å². The topological polar surface area (TPSA) is 66.6 Å². The number of aliphatic hydroxyl groups excluding tert-OH is 1. The van der Waals surface area contributed by atoms with Crippen molar-refractivity contribution in [1.82, 2.24) is 4.90 Å². The standard InChI is InChI=1S/C13H20N2O2/c1-10(9-16)15(2)13(17)7-11-3-5-12(8-14)6-4-11/h3-6,10,16H,7-9,14H2,1-2H3. The second kappa shape index (κ2) is 6.37. The number of hydrogen-bond acceptors (Lipinski definition) is 3. The van der Waals surface area contributed by atoms with Crippen LogP contribution in [0.1, 0.15) is 18.1 Å². The maximum Gasteiger partial charge on any atom is 0.227 e. The van der Waals surface area contributed by atoms with Crippen molar-refractivity contribution in [2.75, 3.05) is 13.7 Å². The van der Waals surface area contributed by atoms with Crippen LogP contribution in [0.3, 0.4) is 0 Å². The molecule has 0 aliphatic heterocycles. The van der Waals surface area contributed by atoms with Gasteiger partial charge in [-0.15, -0.1) is 0 Å². The summed E-state index contributed by atoms with van der Waals surface area (Å²) in [4.78, 5) is 13.4. The molecule has 4 nitrogen and oxygen atoms in total. The van der Waals surface area contributed by atoms with Gasteiger partial charge in [-0.25, -0.2) is 0 Å². The van der Waals surface area contributed by atoms with Gasteiger partial charge < -0.3 is 15.7 Å². The van der Waals surface area contributed by atoms with E-state index in [0.29, 0.717) is 13.0 Å². The van der Waals surface area contributed by atoms with Gasteiger partial charge in [0.25, 0.3) is 0 Å². The molecular formula is C13H20N2O2. The van der Waals surface area contributed by atoms with Gasteiger partial charge in [-0.1, -0.05) is 24.3 Å². The summed E-state index contributed by atoms with van der Waals surface area (Å²) >= 11 is 0. The minimum Gasteiger partial charge on any atom is -0.394 e. The van der Waals surface area contributed by atoms with E-state index in [0.717, 1.165) is 11.1 Å². The largest absolute Gasteiger partial charge is 0.394 e. The maximum absolute atomic E-state index is 11.9. The molecule has 0 radical (unpaired) electrons. The van der Waals surface area contributed by atoms with Gasteiger partial charge >= 0.3 is 0 Å². The second-order valence-electron chi connectivity index (χ2n) is 4.23. The first-order chi connectivity index (χ1) is 8.08. The Labute approximate surface area is 102 Å². The minimum atomic E-state index is -0.147. The molecule has 4 heteroatoms. The van der Waals surface area contributed by atoms with Gasteiger partial charge in [0, 0.05) is 13.6 Å². The summed E-state index contributed by atoms with van der Waals surface area (Å²) in [5.41, 5.74) is 7.52. The van der Waals surface area contributed by atoms with Gasteiger partial charge in [0.05, 0.1) is 19.1 Å². The van der Waals surface area contributed by atoms with Crippen LogP contribution in [0.2, 0.25) is 0 Å². The molecule has 0 aliphatic carbocycles. The summed E-state index contributed by atoms with van der Waals surface area (Å²) in [6, 6.07) is 7.54. The Morgan fingerprint density at radius 1 is 1.35 bits per heavy atom. The lowest BCUT2D eigenvalue weighted by Crippen LogP contribution is -2.38. The Kier molecular flexibility index (Phi) is 5.12. The molecule has 1 rings (SSSR count). The number of rotatable bonds is 5. The van der Waals surface area contributed by atoms with Crippen LogP contribution in [-0.2, 0) is 17.8 Å². The predicted molar refractivity (Wildman–Crippen MR) is 67.4 cm³/mol. The van der Waals surface area contributed by atoms with Crippen molar-refractivity contribution in [3.05, 3.63) is 35.4 Å². The summed E-state index contributed by atoms with van der Waals surface area (Å²) in [5.74, 6) is 0.00653. The Morgan fingerprint density at radius 3 is 2.35 bits per heavy atom. The zero-order chi connectivity index (χ0) is 12.8. The SMILES string of the molecule is CC(CO)N(C)C(=O)Cc1ccc(CN)cc1. The Balaban J connectivity index is 2.61. The van der Waals surface area contributed by atoms with Gasteiger partial charge in [-0.05, 0) is 18.1 Å². The van der Waals surface area contributed by atoms with Crippen molar-refractivity contribution in [3.63, 3.8) is 0 Å². The van der Waals surface area contributed by atoms with Gasteiger partial charge in [0.15, 0.2) is 0 Å². The molecule has 1 atom stereocenters. The molecule has 3 N–H and O–H groups in total. The van der Waals surface area contributed by atoms with Gasteiger partial charge in [-0.2, -0.15) is 0 Å². The Hall–Kier alpha value is -1.39. The molecule has 0 spiro atoms. The van der Waals surface area contributed by atoms with Crippen molar-refractivity contribution < 1.29 is 9.90 Å². The minimum absolute atomic E-state index is 0.00653. The third-order valence-electron chi connectivity index (χ3n) is 2.93. The van der Waals surface area contributed by atoms with Crippen LogP contribution in [0.4, 0.5) is 0 Å². The van der Waals surface area contributed by atoms with Gasteiger partial charge in [0.2, 0.25) is 5.91 Å². The van der Waals surface area contributed by atoms with E-state index in [-0.39, 0.29) is 18.6 Å². The van der Waals surface area contributed by atoms with Crippen LogP contribution in [0.5, 0.6) is 0 Å². The van der Waals surface area contributed by atoms with Crippen molar-refractivity contribution in [1.29, 1.82) is 0 Å². The van der Waals surface area contributed by atoms with Crippen molar-refractivity contribution in [2.45, 2.75) is 25.9 Å². The third-order valence-corrected chi connectivity index (χ3v) is 2.93. The first-order valence-electron chi connectivity index (χ1n) is 5.73. The van der Waals surface area contributed by atoms with E-state index in [9.17, 15) is 4.79 Å². The van der Waals surface area contributed by atoms with E-state index >= 15 is 0 Å². The average molecular weight is 236 g/mol. The molecule has 0 saturated carbocycles. The lowest BCUT2D eigenvalue weighted by atomic mass is 10.1. The number of amides is 1. The molecule has 1 unspecified atom stereocenters. The first kappa shape index (κ1) is 13.7. The third kappa shape index (κ3) is 3.84. The quantitative estimate of drug-likeness (QED) is 0.783. The Bertz CT molecular complexity index is 362. The first-order valence-corrected chi connectivity index (χ1v) is 5.73. The van der Waals surface area contributed by atoms with Crippen LogP contribution >= 0.6 is 0 Å². The predicted octanol–water partition coefficient (Wildman–Crippen LogP) is 0.527. The normalized spacial score (nSPS) is 12.2. The highest BCUT2D eigenvalue weighted by Crippen LogP contribution is 2.07. The summed E-state index contributed by atoms with van der Waals surface area (Å²) < 4.78 is 0. The smallest absolute Gasteiger partial charge is 0.227 e.